The van der Waals surface area contributed by atoms with Crippen LogP contribution in [0.5, 0.6) is 0 Å². The van der Waals surface area contributed by atoms with Crippen LogP contribution in [0.4, 0.5) is 0 Å². The lowest BCUT2D eigenvalue weighted by atomic mass is 9.38. The summed E-state index contributed by atoms with van der Waals surface area (Å²) < 4.78 is 11.7. The summed E-state index contributed by atoms with van der Waals surface area (Å²) in [7, 11) is -0.583. The number of carbonyl (C=O) groups excluding carboxylic acids is 2. The normalized spacial score (nSPS) is 41.6. The Morgan fingerprint density at radius 1 is 0.891 bits per heavy atom. The van der Waals surface area contributed by atoms with E-state index in [1.807, 2.05) is 0 Å². The maximum Gasteiger partial charge on any atom is 0.234 e. The van der Waals surface area contributed by atoms with Crippen molar-refractivity contribution in [2.24, 2.45) is 45.8 Å². The van der Waals surface area contributed by atoms with E-state index in [9.17, 15) is 13.8 Å². The molecular formula is C38H66N4O3S. The van der Waals surface area contributed by atoms with Crippen LogP contribution in [-0.4, -0.2) is 94.6 Å². The summed E-state index contributed by atoms with van der Waals surface area (Å²) in [6.07, 6.45) is 15.7. The Labute approximate surface area is 283 Å². The van der Waals surface area contributed by atoms with E-state index in [2.05, 4.69) is 48.1 Å². The van der Waals surface area contributed by atoms with Gasteiger partial charge in [-0.05, 0) is 157 Å². The molecule has 0 radical (unpaired) electrons. The minimum absolute atomic E-state index is 0.0348. The molecule has 1 amide bonds. The van der Waals surface area contributed by atoms with E-state index in [0.29, 0.717) is 28.7 Å². The number of likely N-dealkylation sites (tertiary alicyclic amines) is 1. The van der Waals surface area contributed by atoms with E-state index in [0.717, 1.165) is 74.2 Å². The second kappa shape index (κ2) is 13.1. The smallest absolute Gasteiger partial charge is 0.234 e. The van der Waals surface area contributed by atoms with Crippen molar-refractivity contribution in [2.45, 2.75) is 123 Å². The first-order chi connectivity index (χ1) is 21.7. The summed E-state index contributed by atoms with van der Waals surface area (Å²) in [4.78, 5) is 29.4. The summed E-state index contributed by atoms with van der Waals surface area (Å²) in [6.45, 7) is 20.5. The number of carbonyl (C=O) groups is 2. The van der Waals surface area contributed by atoms with Crippen LogP contribution >= 0.6 is 0 Å². The highest BCUT2D eigenvalue weighted by atomic mass is 32.2. The zero-order chi connectivity index (χ0) is 33.0. The van der Waals surface area contributed by atoms with Gasteiger partial charge in [0.1, 0.15) is 6.29 Å². The lowest BCUT2D eigenvalue weighted by molar-refractivity contribution is -0.205. The Balaban J connectivity index is 1.08. The third-order valence-corrected chi connectivity index (χ3v) is 16.5. The van der Waals surface area contributed by atoms with Crippen molar-refractivity contribution in [3.8, 4) is 0 Å². The van der Waals surface area contributed by atoms with E-state index in [4.69, 9.17) is 0 Å². The van der Waals surface area contributed by atoms with Crippen LogP contribution in [0.2, 0.25) is 0 Å². The summed E-state index contributed by atoms with van der Waals surface area (Å²) in [5, 5.41) is 6.92. The molecule has 0 spiro atoms. The summed E-state index contributed by atoms with van der Waals surface area (Å²) in [6, 6.07) is 0. The molecule has 7 unspecified atom stereocenters. The molecule has 6 aliphatic rings. The molecule has 2 saturated heterocycles. The summed E-state index contributed by atoms with van der Waals surface area (Å²) in [5.74, 6) is 5.69. The number of amides is 1. The molecule has 4 saturated carbocycles. The van der Waals surface area contributed by atoms with Crippen molar-refractivity contribution in [1.29, 1.82) is 0 Å². The van der Waals surface area contributed by atoms with Crippen LogP contribution < -0.4 is 10.6 Å². The first kappa shape index (κ1) is 35.0. The molecular weight excluding hydrogens is 593 g/mol. The van der Waals surface area contributed by atoms with Gasteiger partial charge in [0.25, 0.3) is 0 Å². The number of fused-ring (bicyclic) bond motifs is 7. The van der Waals surface area contributed by atoms with E-state index in [1.165, 1.54) is 77.2 Å². The fourth-order valence-corrected chi connectivity index (χ4v) is 14.1. The molecule has 8 atom stereocenters. The quantitative estimate of drug-likeness (QED) is 0.247. The van der Waals surface area contributed by atoms with Crippen LogP contribution in [0.15, 0.2) is 0 Å². The number of piperidine rings is 1. The molecule has 6 rings (SSSR count). The molecule has 0 aromatic carbocycles. The maximum atomic E-state index is 13.0. The Bertz CT molecular complexity index is 1150. The topological polar surface area (TPSA) is 81.8 Å². The Hall–Kier alpha value is -0.830. The fraction of sp³-hybridized carbons (Fsp3) is 0.947. The summed E-state index contributed by atoms with van der Waals surface area (Å²) in [5.41, 5.74) is 0.393. The van der Waals surface area contributed by atoms with Crippen molar-refractivity contribution < 1.29 is 13.8 Å². The SMILES string of the molecule is CC(C)(C=O)NC(=O)CN1CCC2(C)C3CCC4C(CCC5(CNCCCN6CCS(=O)CC6)CCC[C@H]45)C3(C)CCC2C1(C)C. The first-order valence-corrected chi connectivity index (χ1v) is 20.5. The lowest BCUT2D eigenvalue weighted by Crippen LogP contribution is -2.68. The molecule has 4 aliphatic carbocycles. The highest BCUT2D eigenvalue weighted by Crippen LogP contribution is 2.71. The highest BCUT2D eigenvalue weighted by molar-refractivity contribution is 7.85. The van der Waals surface area contributed by atoms with Gasteiger partial charge < -0.3 is 20.3 Å². The van der Waals surface area contributed by atoms with Gasteiger partial charge >= 0.3 is 0 Å². The average Bonchev–Trinajstić information content (AvgIpc) is 3.43. The second-order valence-electron chi connectivity index (χ2n) is 18.3. The van der Waals surface area contributed by atoms with E-state index in [1.54, 1.807) is 13.8 Å². The zero-order valence-corrected chi connectivity index (χ0v) is 31.0. The van der Waals surface area contributed by atoms with Crippen LogP contribution in [0, 0.1) is 45.8 Å². The van der Waals surface area contributed by atoms with E-state index in [-0.39, 0.29) is 11.4 Å². The Kier molecular flexibility index (Phi) is 10.00. The predicted octanol–water partition coefficient (Wildman–Crippen LogP) is 5.25. The number of hydrogen-bond donors (Lipinski definition) is 2. The number of nitrogens with zero attached hydrogens (tertiary/aromatic N) is 2. The third kappa shape index (κ3) is 6.33. The van der Waals surface area contributed by atoms with Gasteiger partial charge in [-0.25, -0.2) is 0 Å². The fourth-order valence-electron chi connectivity index (χ4n) is 13.0. The Morgan fingerprint density at radius 2 is 1.65 bits per heavy atom. The van der Waals surface area contributed by atoms with E-state index >= 15 is 0 Å². The van der Waals surface area contributed by atoms with Crippen molar-refractivity contribution >= 4 is 23.0 Å². The average molecular weight is 659 g/mol. The molecule has 8 heteroatoms. The van der Waals surface area contributed by atoms with Gasteiger partial charge in [0.2, 0.25) is 5.91 Å². The molecule has 6 fully saturated rings. The lowest BCUT2D eigenvalue weighted by Gasteiger charge is -2.70. The van der Waals surface area contributed by atoms with Gasteiger partial charge in [-0.3, -0.25) is 13.9 Å². The highest BCUT2D eigenvalue weighted by Gasteiger charge is 2.66. The van der Waals surface area contributed by atoms with Gasteiger partial charge in [0.05, 0.1) is 12.1 Å². The van der Waals surface area contributed by atoms with Gasteiger partial charge in [0, 0.05) is 47.5 Å². The second-order valence-corrected chi connectivity index (χ2v) is 20.0. The van der Waals surface area contributed by atoms with Crippen molar-refractivity contribution in [3.05, 3.63) is 0 Å². The number of aldehydes is 1. The molecule has 2 N–H and O–H groups in total. The number of rotatable bonds is 10. The van der Waals surface area contributed by atoms with Gasteiger partial charge in [-0.2, -0.15) is 0 Å². The standard InChI is InChI=1S/C38H66N4O3S/c1-34(2,27-43)40-33(44)25-42-20-17-37(6)31(35(42,3)4)13-15-36(5)29-12-16-38(14-7-9-30(38)28(29)10-11-32(36)37)26-39-18-8-19-41-21-23-46(45)24-22-41/h27-32,39H,7-26H2,1-6H3,(H,40,44)/t28?,29?,30-,31?,32?,36?,37?,38?/m1/s1. The molecule has 7 nitrogen and oxygen atoms in total. The largest absolute Gasteiger partial charge is 0.343 e. The molecule has 46 heavy (non-hydrogen) atoms. The van der Waals surface area contributed by atoms with Crippen LogP contribution in [0.1, 0.15) is 112 Å². The van der Waals surface area contributed by atoms with Crippen molar-refractivity contribution in [1.82, 2.24) is 20.4 Å². The third-order valence-electron chi connectivity index (χ3n) is 15.2. The number of hydrogen-bond acceptors (Lipinski definition) is 6. The number of nitrogens with one attached hydrogen (secondary N) is 2. The van der Waals surface area contributed by atoms with Crippen molar-refractivity contribution in [3.63, 3.8) is 0 Å². The van der Waals surface area contributed by atoms with Crippen LogP contribution in [0.3, 0.4) is 0 Å². The van der Waals surface area contributed by atoms with Crippen molar-refractivity contribution in [2.75, 3.05) is 57.3 Å². The monoisotopic (exact) mass is 658 g/mol. The molecule has 0 bridgehead atoms. The minimum Gasteiger partial charge on any atom is -0.343 e. The molecule has 262 valence electrons. The molecule has 0 aromatic heterocycles. The van der Waals surface area contributed by atoms with Gasteiger partial charge in [-0.15, -0.1) is 0 Å². The van der Waals surface area contributed by atoms with Gasteiger partial charge in [0.15, 0.2) is 0 Å². The van der Waals surface area contributed by atoms with Crippen LogP contribution in [-0.2, 0) is 20.4 Å². The molecule has 2 heterocycles. The molecule has 0 aromatic rings. The minimum atomic E-state index is -0.818. The Morgan fingerprint density at radius 3 is 2.39 bits per heavy atom. The van der Waals surface area contributed by atoms with E-state index < -0.39 is 16.3 Å². The van der Waals surface area contributed by atoms with Crippen LogP contribution in [0.25, 0.3) is 0 Å². The zero-order valence-electron chi connectivity index (χ0n) is 30.1. The summed E-state index contributed by atoms with van der Waals surface area (Å²) >= 11 is 0. The van der Waals surface area contributed by atoms with Gasteiger partial charge in [-0.1, -0.05) is 20.3 Å². The molecule has 2 aliphatic heterocycles. The first-order valence-electron chi connectivity index (χ1n) is 19.0. The predicted molar refractivity (Wildman–Crippen MR) is 188 cm³/mol. The maximum absolute atomic E-state index is 13.0.